The van der Waals surface area contributed by atoms with Crippen molar-refractivity contribution >= 4 is 17.1 Å². The highest BCUT2D eigenvalue weighted by Gasteiger charge is 2.07. The number of anilines is 1. The Morgan fingerprint density at radius 2 is 2.38 bits per heavy atom. The Kier molecular flexibility index (Phi) is 1.54. The van der Waals surface area contributed by atoms with Crippen LogP contribution in [0.2, 0.25) is 0 Å². The number of nitrogens with one attached hydrogen (secondary N) is 2. The smallest absolute Gasteiger partial charge is 0.278 e. The number of aromatic nitrogens is 4. The second-order valence-electron chi connectivity index (χ2n) is 2.61. The lowest BCUT2D eigenvalue weighted by atomic mass is 10.5. The van der Waals surface area contributed by atoms with Gasteiger partial charge in [-0.3, -0.25) is 9.78 Å². The maximum atomic E-state index is 11.4. The van der Waals surface area contributed by atoms with Gasteiger partial charge in [0.05, 0.1) is 0 Å². The van der Waals surface area contributed by atoms with Crippen molar-refractivity contribution in [2.75, 3.05) is 12.4 Å². The number of imidazole rings is 1. The molecule has 6 heteroatoms. The van der Waals surface area contributed by atoms with Crippen LogP contribution in [0, 0.1) is 6.33 Å². The lowest BCUT2D eigenvalue weighted by molar-refractivity contribution is 0.927. The standard InChI is InChI=1S/C7H8N5O/c1-8-7-10-5-4(6(13)11-7)12(2)3-9-5/h1-2H3,(H2,8,10,11,13). The van der Waals surface area contributed by atoms with Crippen molar-refractivity contribution in [1.82, 2.24) is 19.5 Å². The van der Waals surface area contributed by atoms with Gasteiger partial charge >= 0.3 is 0 Å². The Labute approximate surface area is 73.6 Å². The lowest BCUT2D eigenvalue weighted by Crippen LogP contribution is -2.13. The predicted molar refractivity (Wildman–Crippen MR) is 47.5 cm³/mol. The van der Waals surface area contributed by atoms with Gasteiger partial charge in [0.25, 0.3) is 5.56 Å². The second kappa shape index (κ2) is 2.58. The molecule has 67 valence electrons. The molecule has 0 spiro atoms. The fourth-order valence-electron chi connectivity index (χ4n) is 1.13. The van der Waals surface area contributed by atoms with Gasteiger partial charge in [-0.05, 0) is 0 Å². The van der Waals surface area contributed by atoms with Gasteiger partial charge in [0.1, 0.15) is 0 Å². The van der Waals surface area contributed by atoms with E-state index in [9.17, 15) is 4.79 Å². The third-order valence-electron chi connectivity index (χ3n) is 1.75. The summed E-state index contributed by atoms with van der Waals surface area (Å²) in [6.07, 6.45) is 2.63. The molecule has 0 aliphatic rings. The highest BCUT2D eigenvalue weighted by molar-refractivity contribution is 5.70. The third-order valence-corrected chi connectivity index (χ3v) is 1.75. The summed E-state index contributed by atoms with van der Waals surface area (Å²) in [6.45, 7) is 0. The fourth-order valence-corrected chi connectivity index (χ4v) is 1.13. The SMILES string of the molecule is CNc1nc2n[c]n(C)c2c(=O)[nH]1. The van der Waals surface area contributed by atoms with E-state index in [4.69, 9.17) is 0 Å². The summed E-state index contributed by atoms with van der Waals surface area (Å²) in [4.78, 5) is 21.9. The first-order valence-corrected chi connectivity index (χ1v) is 3.74. The average Bonchev–Trinajstić information content (AvgIpc) is 2.48. The van der Waals surface area contributed by atoms with Gasteiger partial charge in [-0.1, -0.05) is 0 Å². The van der Waals surface area contributed by atoms with E-state index in [0.717, 1.165) is 0 Å². The second-order valence-corrected chi connectivity index (χ2v) is 2.61. The molecule has 1 radical (unpaired) electrons. The molecule has 0 aliphatic heterocycles. The number of aromatic amines is 1. The third kappa shape index (κ3) is 1.07. The minimum absolute atomic E-state index is 0.217. The first-order chi connectivity index (χ1) is 6.22. The normalized spacial score (nSPS) is 10.6. The highest BCUT2D eigenvalue weighted by Crippen LogP contribution is 2.03. The molecular formula is C7H8N5O. The molecule has 0 aliphatic carbocycles. The molecule has 2 heterocycles. The topological polar surface area (TPSA) is 75.6 Å². The van der Waals surface area contributed by atoms with Crippen LogP contribution in [-0.4, -0.2) is 26.6 Å². The van der Waals surface area contributed by atoms with Crippen LogP contribution in [0.25, 0.3) is 11.2 Å². The lowest BCUT2D eigenvalue weighted by Gasteiger charge is -1.97. The van der Waals surface area contributed by atoms with Gasteiger partial charge in [-0.2, -0.15) is 4.98 Å². The summed E-state index contributed by atoms with van der Waals surface area (Å²) in [5.74, 6) is 0.407. The number of hydrogen-bond donors (Lipinski definition) is 2. The summed E-state index contributed by atoms with van der Waals surface area (Å²) in [6, 6.07) is 0. The van der Waals surface area contributed by atoms with E-state index in [2.05, 4.69) is 26.6 Å². The Balaban J connectivity index is 2.87. The molecule has 0 bridgehead atoms. The number of fused-ring (bicyclic) bond motifs is 1. The Morgan fingerprint density at radius 1 is 1.62 bits per heavy atom. The summed E-state index contributed by atoms with van der Waals surface area (Å²) >= 11 is 0. The molecule has 2 rings (SSSR count). The molecule has 0 aromatic carbocycles. The number of rotatable bonds is 1. The quantitative estimate of drug-likeness (QED) is 0.617. The van der Waals surface area contributed by atoms with Crippen molar-refractivity contribution in [3.05, 3.63) is 16.7 Å². The van der Waals surface area contributed by atoms with Crippen molar-refractivity contribution in [1.29, 1.82) is 0 Å². The minimum Gasteiger partial charge on any atom is -0.359 e. The Hall–Kier alpha value is -1.85. The van der Waals surface area contributed by atoms with Gasteiger partial charge in [-0.25, -0.2) is 4.98 Å². The predicted octanol–water partition coefficient (Wildman–Crippen LogP) is -0.502. The molecule has 0 atom stereocenters. The number of H-pyrrole nitrogens is 1. The number of hydrogen-bond acceptors (Lipinski definition) is 4. The summed E-state index contributed by atoms with van der Waals surface area (Å²) in [7, 11) is 3.38. The monoisotopic (exact) mass is 178 g/mol. The highest BCUT2D eigenvalue weighted by atomic mass is 16.1. The van der Waals surface area contributed by atoms with Crippen LogP contribution in [0.1, 0.15) is 0 Å². The average molecular weight is 178 g/mol. The van der Waals surface area contributed by atoms with Gasteiger partial charge in [0.2, 0.25) is 5.95 Å². The minimum atomic E-state index is -0.217. The van der Waals surface area contributed by atoms with Crippen LogP contribution >= 0.6 is 0 Å². The van der Waals surface area contributed by atoms with E-state index in [-0.39, 0.29) is 5.56 Å². The van der Waals surface area contributed by atoms with Crippen molar-refractivity contribution in [3.8, 4) is 0 Å². The van der Waals surface area contributed by atoms with Crippen LogP contribution < -0.4 is 10.9 Å². The van der Waals surface area contributed by atoms with Gasteiger partial charge in [0, 0.05) is 14.1 Å². The zero-order valence-corrected chi connectivity index (χ0v) is 7.25. The van der Waals surface area contributed by atoms with E-state index in [1.54, 1.807) is 14.1 Å². The van der Waals surface area contributed by atoms with Crippen LogP contribution in [0.15, 0.2) is 4.79 Å². The summed E-state index contributed by atoms with van der Waals surface area (Å²) in [5, 5.41) is 2.74. The fraction of sp³-hybridized carbons (Fsp3) is 0.286. The summed E-state index contributed by atoms with van der Waals surface area (Å²) < 4.78 is 1.51. The van der Waals surface area contributed by atoms with E-state index >= 15 is 0 Å². The first kappa shape index (κ1) is 7.78. The zero-order valence-electron chi connectivity index (χ0n) is 7.25. The zero-order chi connectivity index (χ0) is 9.42. The molecule has 0 fully saturated rings. The van der Waals surface area contributed by atoms with E-state index < -0.39 is 0 Å². The van der Waals surface area contributed by atoms with Crippen LogP contribution in [0.3, 0.4) is 0 Å². The molecule has 0 saturated carbocycles. The Morgan fingerprint density at radius 3 is 3.08 bits per heavy atom. The van der Waals surface area contributed by atoms with Crippen LogP contribution in [0.5, 0.6) is 0 Å². The number of nitrogens with zero attached hydrogens (tertiary/aromatic N) is 3. The van der Waals surface area contributed by atoms with E-state index in [0.29, 0.717) is 17.1 Å². The van der Waals surface area contributed by atoms with Crippen molar-refractivity contribution in [3.63, 3.8) is 0 Å². The van der Waals surface area contributed by atoms with E-state index in [1.807, 2.05) is 0 Å². The maximum absolute atomic E-state index is 11.4. The molecule has 0 unspecified atom stereocenters. The molecule has 0 saturated heterocycles. The largest absolute Gasteiger partial charge is 0.359 e. The summed E-state index contributed by atoms with van der Waals surface area (Å²) in [5.41, 5.74) is 0.611. The molecule has 13 heavy (non-hydrogen) atoms. The van der Waals surface area contributed by atoms with Gasteiger partial charge in [-0.15, -0.1) is 0 Å². The van der Waals surface area contributed by atoms with Crippen molar-refractivity contribution < 1.29 is 0 Å². The molecule has 2 N–H and O–H groups in total. The van der Waals surface area contributed by atoms with E-state index in [1.165, 1.54) is 4.57 Å². The molecule has 2 aromatic rings. The van der Waals surface area contributed by atoms with Crippen molar-refractivity contribution in [2.45, 2.75) is 0 Å². The van der Waals surface area contributed by atoms with Gasteiger partial charge < -0.3 is 9.88 Å². The molecule has 0 amide bonds. The Bertz CT molecular complexity index is 497. The first-order valence-electron chi connectivity index (χ1n) is 3.74. The van der Waals surface area contributed by atoms with Crippen LogP contribution in [0.4, 0.5) is 5.95 Å². The van der Waals surface area contributed by atoms with Gasteiger partial charge in [0.15, 0.2) is 17.5 Å². The maximum Gasteiger partial charge on any atom is 0.278 e. The molecule has 2 aromatic heterocycles. The van der Waals surface area contributed by atoms with Crippen molar-refractivity contribution in [2.24, 2.45) is 7.05 Å². The van der Waals surface area contributed by atoms with Crippen LogP contribution in [-0.2, 0) is 7.05 Å². The molecular weight excluding hydrogens is 170 g/mol. The number of aryl methyl sites for hydroxylation is 1. The molecule has 6 nitrogen and oxygen atoms in total.